The summed E-state index contributed by atoms with van der Waals surface area (Å²) in [7, 11) is 3.38. The van der Waals surface area contributed by atoms with Gasteiger partial charge < -0.3 is 29.3 Å². The smallest absolute Gasteiger partial charge is 0.253 e. The van der Waals surface area contributed by atoms with Crippen molar-refractivity contribution < 1.29 is 19.4 Å². The van der Waals surface area contributed by atoms with E-state index in [4.69, 9.17) is 9.47 Å². The molecule has 0 saturated carbocycles. The van der Waals surface area contributed by atoms with Crippen LogP contribution < -0.4 is 14.5 Å². The highest BCUT2D eigenvalue weighted by Crippen LogP contribution is 2.33. The van der Waals surface area contributed by atoms with Crippen molar-refractivity contribution in [2.24, 2.45) is 0 Å². The molecule has 1 N–H and O–H groups in total. The molecule has 1 atom stereocenters. The van der Waals surface area contributed by atoms with Crippen LogP contribution >= 0.6 is 0 Å². The Hall–Kier alpha value is -2.77. The van der Waals surface area contributed by atoms with Crippen LogP contribution in [0.15, 0.2) is 42.5 Å². The van der Waals surface area contributed by atoms with Crippen LogP contribution in [0, 0.1) is 0 Å². The Morgan fingerprint density at radius 2 is 1.82 bits per heavy atom. The molecule has 1 unspecified atom stereocenters. The first-order chi connectivity index (χ1) is 16.6. The van der Waals surface area contributed by atoms with E-state index in [1.807, 2.05) is 41.3 Å². The number of anilines is 2. The average molecular weight is 468 g/mol. The van der Waals surface area contributed by atoms with Gasteiger partial charge in [-0.2, -0.15) is 0 Å². The minimum Gasteiger partial charge on any atom is -0.497 e. The van der Waals surface area contributed by atoms with Gasteiger partial charge in [-0.1, -0.05) is 18.9 Å². The van der Waals surface area contributed by atoms with Gasteiger partial charge in [0.05, 0.1) is 19.8 Å². The fraction of sp³-hybridized carbons (Fsp3) is 0.519. The Balaban J connectivity index is 1.48. The van der Waals surface area contributed by atoms with E-state index in [9.17, 15) is 9.90 Å². The number of carbonyl (C=O) groups is 1. The van der Waals surface area contributed by atoms with Crippen molar-refractivity contribution in [1.29, 1.82) is 0 Å². The molecule has 0 aromatic heterocycles. The Morgan fingerprint density at radius 3 is 2.59 bits per heavy atom. The molecule has 7 nitrogen and oxygen atoms in total. The van der Waals surface area contributed by atoms with Crippen LogP contribution in [0.25, 0.3) is 0 Å². The van der Waals surface area contributed by atoms with Gasteiger partial charge in [0.25, 0.3) is 5.91 Å². The van der Waals surface area contributed by atoms with E-state index in [0.29, 0.717) is 25.3 Å². The van der Waals surface area contributed by atoms with Gasteiger partial charge in [-0.05, 0) is 43.2 Å². The lowest BCUT2D eigenvalue weighted by molar-refractivity contribution is 0.0746. The minimum atomic E-state index is -0.559. The van der Waals surface area contributed by atoms with Crippen molar-refractivity contribution in [1.82, 2.24) is 4.90 Å². The third-order valence-electron chi connectivity index (χ3n) is 6.93. The third-order valence-corrected chi connectivity index (χ3v) is 6.93. The van der Waals surface area contributed by atoms with Crippen LogP contribution in [0.3, 0.4) is 0 Å². The second-order valence-corrected chi connectivity index (χ2v) is 9.10. The first-order valence-corrected chi connectivity index (χ1v) is 12.3. The summed E-state index contributed by atoms with van der Waals surface area (Å²) in [6, 6.07) is 13.9. The fourth-order valence-corrected chi connectivity index (χ4v) is 4.93. The number of benzene rings is 2. The second-order valence-electron chi connectivity index (χ2n) is 9.10. The van der Waals surface area contributed by atoms with Gasteiger partial charge in [0.15, 0.2) is 0 Å². The van der Waals surface area contributed by atoms with Crippen molar-refractivity contribution in [3.8, 4) is 5.75 Å². The number of nitrogens with zero attached hydrogens (tertiary/aromatic N) is 3. The summed E-state index contributed by atoms with van der Waals surface area (Å²) in [6.07, 6.45) is 3.34. The zero-order valence-electron chi connectivity index (χ0n) is 20.4. The van der Waals surface area contributed by atoms with Crippen molar-refractivity contribution in [3.05, 3.63) is 53.6 Å². The maximum atomic E-state index is 13.4. The molecular weight excluding hydrogens is 430 g/mol. The SMILES string of the molecule is COCCN1CCCCCC(O)c2cc(C(=O)N3CCN(c4cccc(OC)c4)CC3)ccc21. The predicted molar refractivity (Wildman–Crippen MR) is 135 cm³/mol. The normalized spacial score (nSPS) is 19.1. The number of ether oxygens (including phenoxy) is 2. The molecule has 34 heavy (non-hydrogen) atoms. The van der Waals surface area contributed by atoms with Crippen molar-refractivity contribution in [3.63, 3.8) is 0 Å². The molecule has 7 heteroatoms. The van der Waals surface area contributed by atoms with Crippen LogP contribution in [-0.2, 0) is 4.74 Å². The van der Waals surface area contributed by atoms with Crippen LogP contribution in [0.5, 0.6) is 5.75 Å². The van der Waals surface area contributed by atoms with E-state index in [0.717, 1.165) is 74.6 Å². The molecule has 1 saturated heterocycles. The van der Waals surface area contributed by atoms with Gasteiger partial charge in [-0.15, -0.1) is 0 Å². The van der Waals surface area contributed by atoms with Crippen molar-refractivity contribution in [2.45, 2.75) is 31.8 Å². The molecule has 0 radical (unpaired) electrons. The highest BCUT2D eigenvalue weighted by molar-refractivity contribution is 5.95. The van der Waals surface area contributed by atoms with Gasteiger partial charge in [0, 0.05) is 74.9 Å². The lowest BCUT2D eigenvalue weighted by atomic mass is 9.98. The molecule has 0 bridgehead atoms. The standard InChI is InChI=1S/C27H37N3O4/c1-33-18-17-29-12-5-3-4-9-26(31)24-19-21(10-11-25(24)29)27(32)30-15-13-28(14-16-30)22-7-6-8-23(20-22)34-2/h6-8,10-11,19-20,26,31H,3-5,9,12-18H2,1-2H3. The maximum absolute atomic E-state index is 13.4. The van der Waals surface area contributed by atoms with Crippen LogP contribution in [0.1, 0.15) is 47.7 Å². The summed E-state index contributed by atoms with van der Waals surface area (Å²) in [5.41, 5.74) is 3.64. The summed E-state index contributed by atoms with van der Waals surface area (Å²) >= 11 is 0. The number of aliphatic hydroxyl groups excluding tert-OH is 1. The van der Waals surface area contributed by atoms with E-state index in [2.05, 4.69) is 15.9 Å². The lowest BCUT2D eigenvalue weighted by Crippen LogP contribution is -2.48. The van der Waals surface area contributed by atoms with E-state index in [1.165, 1.54) is 0 Å². The summed E-state index contributed by atoms with van der Waals surface area (Å²) in [5, 5.41) is 11.0. The van der Waals surface area contributed by atoms with E-state index >= 15 is 0 Å². The Kier molecular flexibility index (Phi) is 8.29. The molecule has 2 aliphatic rings. The largest absolute Gasteiger partial charge is 0.497 e. The quantitative estimate of drug-likeness (QED) is 0.699. The van der Waals surface area contributed by atoms with Gasteiger partial charge in [-0.25, -0.2) is 0 Å². The van der Waals surface area contributed by atoms with E-state index in [1.54, 1.807) is 14.2 Å². The monoisotopic (exact) mass is 467 g/mol. The minimum absolute atomic E-state index is 0.0311. The molecule has 184 valence electrons. The first kappa shape index (κ1) is 24.4. The number of hydrogen-bond donors (Lipinski definition) is 1. The maximum Gasteiger partial charge on any atom is 0.253 e. The summed E-state index contributed by atoms with van der Waals surface area (Å²) in [5.74, 6) is 0.870. The van der Waals surface area contributed by atoms with E-state index in [-0.39, 0.29) is 5.91 Å². The highest BCUT2D eigenvalue weighted by atomic mass is 16.5. The Bertz CT molecular complexity index is 959. The Labute approximate surface area is 202 Å². The molecule has 2 aromatic carbocycles. The zero-order chi connectivity index (χ0) is 23.9. The molecule has 0 spiro atoms. The number of rotatable bonds is 6. The van der Waals surface area contributed by atoms with Gasteiger partial charge in [0.2, 0.25) is 0 Å². The van der Waals surface area contributed by atoms with Crippen molar-refractivity contribution in [2.75, 3.05) is 69.9 Å². The average Bonchev–Trinajstić information content (AvgIpc) is 2.96. The molecule has 4 rings (SSSR count). The highest BCUT2D eigenvalue weighted by Gasteiger charge is 2.25. The Morgan fingerprint density at radius 1 is 1.00 bits per heavy atom. The molecule has 2 aliphatic heterocycles. The second kappa shape index (κ2) is 11.6. The van der Waals surface area contributed by atoms with Crippen LogP contribution in [-0.4, -0.2) is 76.0 Å². The molecule has 1 fully saturated rings. The molecule has 1 amide bonds. The number of carbonyl (C=O) groups excluding carboxylic acids is 1. The van der Waals surface area contributed by atoms with Gasteiger partial charge >= 0.3 is 0 Å². The molecular formula is C27H37N3O4. The van der Waals surface area contributed by atoms with Gasteiger partial charge in [0.1, 0.15) is 5.75 Å². The third kappa shape index (κ3) is 5.65. The molecule has 2 heterocycles. The number of fused-ring (bicyclic) bond motifs is 1. The number of hydrogen-bond acceptors (Lipinski definition) is 6. The predicted octanol–water partition coefficient (Wildman–Crippen LogP) is 3.72. The number of methoxy groups -OCH3 is 2. The summed E-state index contributed by atoms with van der Waals surface area (Å²) in [4.78, 5) is 19.9. The lowest BCUT2D eigenvalue weighted by Gasteiger charge is -2.36. The topological polar surface area (TPSA) is 65.5 Å². The van der Waals surface area contributed by atoms with E-state index < -0.39 is 6.10 Å². The number of amides is 1. The van der Waals surface area contributed by atoms with Gasteiger partial charge in [-0.3, -0.25) is 4.79 Å². The first-order valence-electron chi connectivity index (χ1n) is 12.3. The summed E-state index contributed by atoms with van der Waals surface area (Å²) < 4.78 is 10.7. The fourth-order valence-electron chi connectivity index (χ4n) is 4.93. The summed E-state index contributed by atoms with van der Waals surface area (Å²) in [6.45, 7) is 5.21. The molecule has 0 aliphatic carbocycles. The van der Waals surface area contributed by atoms with Crippen LogP contribution in [0.4, 0.5) is 11.4 Å². The van der Waals surface area contributed by atoms with Crippen molar-refractivity contribution >= 4 is 17.3 Å². The number of aliphatic hydroxyl groups is 1. The van der Waals surface area contributed by atoms with Crippen LogP contribution in [0.2, 0.25) is 0 Å². The molecule has 2 aromatic rings. The number of piperazine rings is 1. The zero-order valence-corrected chi connectivity index (χ0v) is 20.4.